The number of rotatable bonds is 15. The molecule has 5 amide bonds. The summed E-state index contributed by atoms with van der Waals surface area (Å²) in [7, 11) is -3.58. The highest BCUT2D eigenvalue weighted by atomic mass is 35.5. The maximum atomic E-state index is 14.6. The Morgan fingerprint density at radius 1 is 0.980 bits per heavy atom. The second-order valence-corrected chi connectivity index (χ2v) is 20.2. The molecule has 1 heterocycles. The number of piperidine rings is 1. The zero-order chi connectivity index (χ0) is 37.8. The van der Waals surface area contributed by atoms with Crippen LogP contribution >= 0.6 is 23.2 Å². The molecular weight excluding hydrogens is 717 g/mol. The lowest BCUT2D eigenvalue weighted by Gasteiger charge is -2.41. The minimum absolute atomic E-state index is 0.0856. The van der Waals surface area contributed by atoms with Gasteiger partial charge in [-0.25, -0.2) is 13.2 Å². The number of fused-ring (bicyclic) bond motifs is 1. The van der Waals surface area contributed by atoms with Crippen LogP contribution in [0.2, 0.25) is 0 Å². The summed E-state index contributed by atoms with van der Waals surface area (Å²) >= 11 is 13.2. The Balaban J connectivity index is 1.58. The number of hydrogen-bond acceptors (Lipinski definition) is 7. The van der Waals surface area contributed by atoms with Gasteiger partial charge in [0.2, 0.25) is 17.6 Å². The number of sulfone groups is 1. The van der Waals surface area contributed by atoms with E-state index in [1.54, 1.807) is 20.8 Å². The Hall–Kier alpha value is -2.38. The van der Waals surface area contributed by atoms with Crippen LogP contribution in [0.3, 0.4) is 0 Å². The van der Waals surface area contributed by atoms with Crippen LogP contribution in [-0.4, -0.2) is 94.4 Å². The number of ketones is 1. The third kappa shape index (κ3) is 9.60. The van der Waals surface area contributed by atoms with Gasteiger partial charge in [-0.15, -0.1) is 29.8 Å². The molecule has 15 heteroatoms. The molecule has 1 saturated heterocycles. The van der Waals surface area contributed by atoms with E-state index in [0.29, 0.717) is 32.1 Å². The molecule has 3 saturated carbocycles. The minimum Gasteiger partial charge on any atom is -0.346 e. The Morgan fingerprint density at radius 2 is 1.61 bits per heavy atom. The van der Waals surface area contributed by atoms with Gasteiger partial charge < -0.3 is 26.2 Å². The minimum atomic E-state index is -3.58. The van der Waals surface area contributed by atoms with Crippen LogP contribution < -0.4 is 21.3 Å². The summed E-state index contributed by atoms with van der Waals surface area (Å²) in [6, 6.07) is -3.84. The molecule has 4 fully saturated rings. The number of likely N-dealkylation sites (tertiary alicyclic amines) is 1. The molecule has 1 aliphatic heterocycles. The molecule has 3 aliphatic carbocycles. The van der Waals surface area contributed by atoms with Crippen LogP contribution in [0.5, 0.6) is 0 Å². The van der Waals surface area contributed by atoms with Crippen LogP contribution in [0.15, 0.2) is 12.7 Å². The summed E-state index contributed by atoms with van der Waals surface area (Å²) in [6.45, 7) is 10.6. The van der Waals surface area contributed by atoms with Gasteiger partial charge in [-0.05, 0) is 58.8 Å². The first-order valence-corrected chi connectivity index (χ1v) is 21.0. The second-order valence-electron chi connectivity index (χ2n) is 16.0. The third-order valence-corrected chi connectivity index (χ3v) is 15.1. The quantitative estimate of drug-likeness (QED) is 0.109. The zero-order valence-electron chi connectivity index (χ0n) is 30.5. The number of nitrogens with zero attached hydrogens (tertiary/aromatic N) is 1. The van der Waals surface area contributed by atoms with Gasteiger partial charge in [-0.2, -0.15) is 0 Å². The summed E-state index contributed by atoms with van der Waals surface area (Å²) in [5, 5.41) is 11.2. The van der Waals surface area contributed by atoms with Gasteiger partial charge >= 0.3 is 6.03 Å². The van der Waals surface area contributed by atoms with Gasteiger partial charge in [0.25, 0.3) is 5.91 Å². The fourth-order valence-corrected chi connectivity index (χ4v) is 10.4. The molecular formula is C36H57Cl2N5O7S. The van der Waals surface area contributed by atoms with E-state index in [2.05, 4.69) is 27.8 Å². The molecule has 0 radical (unpaired) electrons. The first-order valence-electron chi connectivity index (χ1n) is 18.6. The van der Waals surface area contributed by atoms with Gasteiger partial charge in [-0.3, -0.25) is 19.2 Å². The van der Waals surface area contributed by atoms with E-state index in [4.69, 9.17) is 23.2 Å². The zero-order valence-corrected chi connectivity index (χ0v) is 32.9. The van der Waals surface area contributed by atoms with Crippen molar-refractivity contribution in [3.63, 3.8) is 0 Å². The van der Waals surface area contributed by atoms with Crippen molar-refractivity contribution in [3.05, 3.63) is 12.7 Å². The van der Waals surface area contributed by atoms with E-state index in [1.807, 2.05) is 6.92 Å². The normalized spacial score (nSPS) is 25.5. The number of carbonyl (C=O) groups excluding carboxylic acids is 5. The Morgan fingerprint density at radius 3 is 2.20 bits per heavy atom. The van der Waals surface area contributed by atoms with E-state index in [1.165, 1.54) is 11.0 Å². The third-order valence-electron chi connectivity index (χ3n) is 11.3. The summed E-state index contributed by atoms with van der Waals surface area (Å²) < 4.78 is 24.5. The first kappa shape index (κ1) is 41.4. The van der Waals surface area contributed by atoms with E-state index < -0.39 is 84.0 Å². The molecule has 4 aliphatic rings. The van der Waals surface area contributed by atoms with Crippen molar-refractivity contribution in [2.75, 3.05) is 18.8 Å². The smallest absolute Gasteiger partial charge is 0.315 e. The molecule has 4 rings (SSSR count). The van der Waals surface area contributed by atoms with Gasteiger partial charge in [0.1, 0.15) is 16.4 Å². The Kier molecular flexibility index (Phi) is 13.6. The predicted molar refractivity (Wildman–Crippen MR) is 198 cm³/mol. The molecule has 0 bridgehead atoms. The van der Waals surface area contributed by atoms with Crippen molar-refractivity contribution in [1.29, 1.82) is 0 Å². The first-order chi connectivity index (χ1) is 23.9. The van der Waals surface area contributed by atoms with Gasteiger partial charge in [-0.1, -0.05) is 64.4 Å². The number of nitrogens with one attached hydrogen (secondary N) is 4. The lowest BCUT2D eigenvalue weighted by Crippen LogP contribution is -2.63. The summed E-state index contributed by atoms with van der Waals surface area (Å²) in [5.41, 5.74) is -0.971. The van der Waals surface area contributed by atoms with E-state index in [-0.39, 0.29) is 31.2 Å². The van der Waals surface area contributed by atoms with Gasteiger partial charge in [0.05, 0.1) is 22.1 Å². The molecule has 2 unspecified atom stereocenters. The SMILES string of the molecule is C=CCNC(=O)C(=O)C(CCCC)NC(=O)[C@@H]1C2[C@H](CN1C(=O)[C@@H](NC(=O)NC1(CS(=O)(=O)C(C)(C)C)CCCCC1)C1CCCCC1)C2(Cl)Cl. The summed E-state index contributed by atoms with van der Waals surface area (Å²) in [4.78, 5) is 69.7. The standard InChI is InChI=1S/C36H57Cl2N5O7S/c1-6-8-17-25(29(44)31(46)39-20-7-2)40-30(45)28-26-24(36(26,37)38)21-43(28)32(47)27(23-15-11-9-12-16-23)41-33(48)42-35(18-13-10-14-19-35)22-51(49,50)34(3,4)5/h7,23-28H,2,6,8-22H2,1,3-5H3,(H,39,46)(H,40,45)(H2,41,42,48)/t24-,25?,26?,27-,28-/m0/s1. The average molecular weight is 775 g/mol. The number of hydrogen-bond donors (Lipinski definition) is 4. The van der Waals surface area contributed by atoms with E-state index >= 15 is 0 Å². The molecule has 0 aromatic carbocycles. The van der Waals surface area contributed by atoms with Crippen molar-refractivity contribution in [1.82, 2.24) is 26.2 Å². The highest BCUT2D eigenvalue weighted by molar-refractivity contribution is 7.92. The van der Waals surface area contributed by atoms with Crippen LogP contribution in [0.4, 0.5) is 4.79 Å². The van der Waals surface area contributed by atoms with E-state index in [0.717, 1.165) is 44.9 Å². The molecule has 5 atom stereocenters. The monoisotopic (exact) mass is 773 g/mol. The van der Waals surface area contributed by atoms with Crippen molar-refractivity contribution < 1.29 is 32.4 Å². The molecule has 0 aromatic rings. The molecule has 0 aromatic heterocycles. The number of unbranched alkanes of at least 4 members (excludes halogenated alkanes) is 1. The number of Topliss-reactive ketones (excluding diaryl/α,β-unsaturated/α-hetero) is 1. The molecule has 4 N–H and O–H groups in total. The van der Waals surface area contributed by atoms with Gasteiger partial charge in [0.15, 0.2) is 9.84 Å². The average Bonchev–Trinajstić information content (AvgIpc) is 3.38. The fourth-order valence-electron chi connectivity index (χ4n) is 8.04. The van der Waals surface area contributed by atoms with Crippen LogP contribution in [-0.2, 0) is 29.0 Å². The van der Waals surface area contributed by atoms with Crippen LogP contribution in [0.25, 0.3) is 0 Å². The Labute approximate surface area is 313 Å². The largest absolute Gasteiger partial charge is 0.346 e. The number of halogens is 2. The van der Waals surface area contributed by atoms with Crippen molar-refractivity contribution in [3.8, 4) is 0 Å². The lowest BCUT2D eigenvalue weighted by atomic mass is 9.82. The molecule has 51 heavy (non-hydrogen) atoms. The fraction of sp³-hybridized carbons (Fsp3) is 0.806. The van der Waals surface area contributed by atoms with E-state index in [9.17, 15) is 32.4 Å². The molecule has 0 spiro atoms. The topological polar surface area (TPSA) is 171 Å². The van der Waals surface area contributed by atoms with Crippen molar-refractivity contribution >= 4 is 62.6 Å². The van der Waals surface area contributed by atoms with Gasteiger partial charge in [0, 0.05) is 24.9 Å². The summed E-state index contributed by atoms with van der Waals surface area (Å²) in [5.74, 6) is -4.13. The number of carbonyl (C=O) groups is 5. The number of amides is 5. The number of urea groups is 1. The highest BCUT2D eigenvalue weighted by Gasteiger charge is 2.74. The summed E-state index contributed by atoms with van der Waals surface area (Å²) in [6.07, 6.45) is 10.6. The molecule has 288 valence electrons. The second kappa shape index (κ2) is 16.7. The highest BCUT2D eigenvalue weighted by Crippen LogP contribution is 2.65. The van der Waals surface area contributed by atoms with Crippen molar-refractivity contribution in [2.45, 2.75) is 144 Å². The maximum absolute atomic E-state index is 14.6. The molecule has 12 nitrogen and oxygen atoms in total. The Bertz CT molecular complexity index is 1440. The number of alkyl halides is 2. The van der Waals surface area contributed by atoms with Crippen LogP contribution in [0, 0.1) is 17.8 Å². The lowest BCUT2D eigenvalue weighted by molar-refractivity contribution is -0.144. The van der Waals surface area contributed by atoms with Crippen LogP contribution in [0.1, 0.15) is 111 Å². The predicted octanol–water partition coefficient (Wildman–Crippen LogP) is 4.33. The maximum Gasteiger partial charge on any atom is 0.315 e. The van der Waals surface area contributed by atoms with Crippen molar-refractivity contribution in [2.24, 2.45) is 17.8 Å².